The number of fused-ring (bicyclic) bond motifs is 3. The number of nitrogens with zero attached hydrogens (tertiary/aromatic N) is 1. The summed E-state index contributed by atoms with van der Waals surface area (Å²) in [5.41, 5.74) is 3.98. The van der Waals surface area contributed by atoms with Gasteiger partial charge in [0.2, 0.25) is 5.91 Å². The lowest BCUT2D eigenvalue weighted by Gasteiger charge is -2.39. The smallest absolute Gasteiger partial charge is 0.223 e. The van der Waals surface area contributed by atoms with Gasteiger partial charge in [-0.1, -0.05) is 11.8 Å². The lowest BCUT2D eigenvalue weighted by molar-refractivity contribution is -0.133. The van der Waals surface area contributed by atoms with Gasteiger partial charge in [-0.05, 0) is 73.2 Å². The summed E-state index contributed by atoms with van der Waals surface area (Å²) in [5, 5.41) is 13.4. The van der Waals surface area contributed by atoms with Crippen molar-refractivity contribution in [3.05, 3.63) is 59.2 Å². The molecule has 2 aliphatic heterocycles. The maximum absolute atomic E-state index is 13.0. The average molecular weight is 417 g/mol. The van der Waals surface area contributed by atoms with Crippen molar-refractivity contribution in [1.29, 1.82) is 0 Å². The number of carbonyl (C=O) groups is 1. The van der Waals surface area contributed by atoms with Crippen LogP contribution in [0.5, 0.6) is 5.75 Å². The molecule has 2 heterocycles. The highest BCUT2D eigenvalue weighted by Gasteiger charge is 2.46. The Morgan fingerprint density at radius 3 is 2.58 bits per heavy atom. The number of ether oxygens (including phenoxy) is 1. The van der Waals surface area contributed by atoms with Crippen LogP contribution in [0, 0.1) is 23.7 Å². The zero-order valence-electron chi connectivity index (χ0n) is 17.8. The van der Waals surface area contributed by atoms with Gasteiger partial charge >= 0.3 is 0 Å². The molecule has 0 spiro atoms. The zero-order chi connectivity index (χ0) is 21.4. The summed E-state index contributed by atoms with van der Waals surface area (Å²) in [5.74, 6) is 8.36. The van der Waals surface area contributed by atoms with Crippen LogP contribution in [0.3, 0.4) is 0 Å². The van der Waals surface area contributed by atoms with E-state index in [-0.39, 0.29) is 30.5 Å². The predicted molar refractivity (Wildman–Crippen MR) is 120 cm³/mol. The normalized spacial score (nSPS) is 23.8. The number of anilines is 1. The molecule has 3 aliphatic rings. The van der Waals surface area contributed by atoms with Crippen molar-refractivity contribution in [2.75, 3.05) is 25.6 Å². The molecule has 5 heteroatoms. The molecule has 0 unspecified atom stereocenters. The first kappa shape index (κ1) is 20.0. The van der Waals surface area contributed by atoms with E-state index in [2.05, 4.69) is 28.1 Å². The fourth-order valence-electron chi connectivity index (χ4n) is 4.93. The molecular formula is C26H28N2O3. The number of nitrogens with one attached hydrogen (secondary N) is 1. The van der Waals surface area contributed by atoms with E-state index >= 15 is 0 Å². The van der Waals surface area contributed by atoms with Crippen LogP contribution in [-0.2, 0) is 4.79 Å². The van der Waals surface area contributed by atoms with Crippen LogP contribution in [-0.4, -0.2) is 42.2 Å². The summed E-state index contributed by atoms with van der Waals surface area (Å²) in [7, 11) is 1.65. The predicted octanol–water partition coefficient (Wildman–Crippen LogP) is 3.57. The molecule has 0 aromatic heterocycles. The summed E-state index contributed by atoms with van der Waals surface area (Å²) < 4.78 is 5.20. The van der Waals surface area contributed by atoms with Gasteiger partial charge in [0.05, 0.1) is 25.8 Å². The highest BCUT2D eigenvalue weighted by molar-refractivity contribution is 5.78. The minimum Gasteiger partial charge on any atom is -0.497 e. The van der Waals surface area contributed by atoms with E-state index in [0.29, 0.717) is 12.3 Å². The Kier molecular flexibility index (Phi) is 5.33. The Morgan fingerprint density at radius 1 is 1.13 bits per heavy atom. The van der Waals surface area contributed by atoms with Crippen molar-refractivity contribution < 1.29 is 14.6 Å². The second-order valence-electron chi connectivity index (χ2n) is 8.85. The van der Waals surface area contributed by atoms with E-state index in [4.69, 9.17) is 4.74 Å². The fraction of sp³-hybridized carbons (Fsp3) is 0.423. The molecule has 1 amide bonds. The van der Waals surface area contributed by atoms with E-state index < -0.39 is 0 Å². The van der Waals surface area contributed by atoms with Gasteiger partial charge in [-0.3, -0.25) is 4.79 Å². The van der Waals surface area contributed by atoms with Crippen molar-refractivity contribution >= 4 is 11.6 Å². The molecule has 2 aromatic rings. The Hall–Kier alpha value is -2.97. The molecule has 2 fully saturated rings. The van der Waals surface area contributed by atoms with Gasteiger partial charge in [0.15, 0.2) is 0 Å². The first-order chi connectivity index (χ1) is 15.2. The number of hydrogen-bond acceptors (Lipinski definition) is 4. The molecule has 2 aromatic carbocycles. The van der Waals surface area contributed by atoms with Gasteiger partial charge in [-0.25, -0.2) is 0 Å². The molecule has 1 saturated carbocycles. The van der Waals surface area contributed by atoms with Gasteiger partial charge in [-0.15, -0.1) is 0 Å². The largest absolute Gasteiger partial charge is 0.497 e. The molecule has 31 heavy (non-hydrogen) atoms. The summed E-state index contributed by atoms with van der Waals surface area (Å²) in [6.45, 7) is 0.838. The Balaban J connectivity index is 1.45. The quantitative estimate of drug-likeness (QED) is 0.748. The van der Waals surface area contributed by atoms with Gasteiger partial charge in [0.25, 0.3) is 0 Å². The Bertz CT molecular complexity index is 1030. The molecule has 160 valence electrons. The second kappa shape index (κ2) is 8.28. The molecule has 0 bridgehead atoms. The maximum atomic E-state index is 13.0. The van der Waals surface area contributed by atoms with E-state index in [1.165, 1.54) is 12.8 Å². The fourth-order valence-corrected chi connectivity index (χ4v) is 4.93. The van der Waals surface area contributed by atoms with Gasteiger partial charge in [0, 0.05) is 35.7 Å². The summed E-state index contributed by atoms with van der Waals surface area (Å²) in [6.07, 6.45) is 3.93. The lowest BCUT2D eigenvalue weighted by atomic mass is 9.82. The van der Waals surface area contributed by atoms with Gasteiger partial charge < -0.3 is 20.1 Å². The Morgan fingerprint density at radius 2 is 1.87 bits per heavy atom. The third kappa shape index (κ3) is 4.00. The number of carbonyl (C=O) groups excluding carboxylic acids is 1. The first-order valence-electron chi connectivity index (χ1n) is 11.1. The van der Waals surface area contributed by atoms with Crippen LogP contribution in [0.15, 0.2) is 42.5 Å². The van der Waals surface area contributed by atoms with Crippen molar-refractivity contribution in [3.63, 3.8) is 0 Å². The second-order valence-corrected chi connectivity index (χ2v) is 8.85. The summed E-state index contributed by atoms with van der Waals surface area (Å²) in [6, 6.07) is 13.9. The van der Waals surface area contributed by atoms with Crippen LogP contribution < -0.4 is 10.1 Å². The highest BCUT2D eigenvalue weighted by Crippen LogP contribution is 2.47. The van der Waals surface area contributed by atoms with Crippen molar-refractivity contribution in [2.45, 2.75) is 37.8 Å². The zero-order valence-corrected chi connectivity index (χ0v) is 17.8. The van der Waals surface area contributed by atoms with Gasteiger partial charge in [-0.2, -0.15) is 0 Å². The van der Waals surface area contributed by atoms with Crippen molar-refractivity contribution in [3.8, 4) is 17.6 Å². The first-order valence-corrected chi connectivity index (χ1v) is 11.1. The van der Waals surface area contributed by atoms with Gasteiger partial charge in [0.1, 0.15) is 5.75 Å². The number of likely N-dealkylation sites (tertiary alicyclic amines) is 1. The summed E-state index contributed by atoms with van der Waals surface area (Å²) in [4.78, 5) is 15.1. The number of hydrogen-bond donors (Lipinski definition) is 2. The van der Waals surface area contributed by atoms with Crippen LogP contribution in [0.1, 0.15) is 48.4 Å². The minimum absolute atomic E-state index is 0.0161. The molecule has 0 radical (unpaired) electrons. The topological polar surface area (TPSA) is 61.8 Å². The molecule has 1 aliphatic carbocycles. The van der Waals surface area contributed by atoms with Crippen molar-refractivity contribution in [2.24, 2.45) is 11.8 Å². The summed E-state index contributed by atoms with van der Waals surface area (Å²) >= 11 is 0. The number of aliphatic hydroxyl groups excluding tert-OH is 1. The standard InChI is InChI=1S/C26H28N2O3/c1-31-20-9-6-17(7-10-20)2-3-18-8-11-23-22(14-18)26-21(24(16-29)27-23)12-13-28(26)25(30)15-19-4-5-19/h6-11,14,19,21,24,26-27,29H,4-5,12-13,15-16H2,1H3/t21-,24-,26-/m1/s1. The SMILES string of the molecule is COc1ccc(C#Cc2ccc3c(c2)[C@H]2[C@H](CCN2C(=O)CC2CC2)[C@@H](CO)N3)cc1. The maximum Gasteiger partial charge on any atom is 0.223 e. The molecule has 3 atom stereocenters. The van der Waals surface area contributed by atoms with Crippen molar-refractivity contribution in [1.82, 2.24) is 4.90 Å². The van der Waals surface area contributed by atoms with Crippen LogP contribution >= 0.6 is 0 Å². The molecular weight excluding hydrogens is 388 g/mol. The van der Waals surface area contributed by atoms with Crippen LogP contribution in [0.25, 0.3) is 0 Å². The monoisotopic (exact) mass is 416 g/mol. The molecule has 1 saturated heterocycles. The van der Waals surface area contributed by atoms with E-state index in [1.54, 1.807) is 7.11 Å². The third-order valence-corrected chi connectivity index (χ3v) is 6.79. The minimum atomic E-state index is -0.0209. The molecule has 2 N–H and O–H groups in total. The number of amides is 1. The number of methoxy groups -OCH3 is 1. The number of aliphatic hydroxyl groups is 1. The van der Waals surface area contributed by atoms with Crippen LogP contribution in [0.4, 0.5) is 5.69 Å². The lowest BCUT2D eigenvalue weighted by Crippen LogP contribution is -2.43. The average Bonchev–Trinajstić information content (AvgIpc) is 3.50. The number of benzene rings is 2. The van der Waals surface area contributed by atoms with E-state index in [9.17, 15) is 9.90 Å². The number of rotatable bonds is 4. The highest BCUT2D eigenvalue weighted by atomic mass is 16.5. The van der Waals surface area contributed by atoms with Crippen LogP contribution in [0.2, 0.25) is 0 Å². The van der Waals surface area contributed by atoms with E-state index in [0.717, 1.165) is 41.1 Å². The molecule has 5 nitrogen and oxygen atoms in total. The Labute approximate surface area is 183 Å². The molecule has 5 rings (SSSR count). The van der Waals surface area contributed by atoms with E-state index in [1.807, 2.05) is 36.4 Å². The third-order valence-electron chi connectivity index (χ3n) is 6.79.